The average molecular weight is 647 g/mol. The Morgan fingerprint density at radius 2 is 0.304 bits per heavy atom. The summed E-state index contributed by atoms with van der Waals surface area (Å²) >= 11 is 0. The Labute approximate surface area is 295 Å². The lowest BCUT2D eigenvalue weighted by molar-refractivity contribution is 0.337. The van der Waals surface area contributed by atoms with Gasteiger partial charge in [0.2, 0.25) is 0 Å². The summed E-state index contributed by atoms with van der Waals surface area (Å²) in [6.07, 6.45) is 59.3. The molecule has 0 amide bonds. The topological polar surface area (TPSA) is 0 Å². The van der Waals surface area contributed by atoms with Gasteiger partial charge in [-0.15, -0.1) is 0 Å². The summed E-state index contributed by atoms with van der Waals surface area (Å²) in [5, 5.41) is 0. The van der Waals surface area contributed by atoms with Crippen LogP contribution in [0.1, 0.15) is 285 Å². The second kappa shape index (κ2) is 41.2. The summed E-state index contributed by atoms with van der Waals surface area (Å²) in [6, 6.07) is 0. The van der Waals surface area contributed by atoms with Crippen molar-refractivity contribution in [3.05, 3.63) is 0 Å². The Balaban J connectivity index is 4.49. The van der Waals surface area contributed by atoms with Crippen LogP contribution in [0.4, 0.5) is 0 Å². The van der Waals surface area contributed by atoms with E-state index in [1.165, 1.54) is 257 Å². The van der Waals surface area contributed by atoms with Crippen molar-refractivity contribution in [3.8, 4) is 0 Å². The molecule has 278 valence electrons. The third kappa shape index (κ3) is 36.8. The van der Waals surface area contributed by atoms with E-state index >= 15 is 0 Å². The minimum atomic E-state index is 1.03. The van der Waals surface area contributed by atoms with Crippen LogP contribution >= 0.6 is 0 Å². The Morgan fingerprint density at radius 1 is 0.174 bits per heavy atom. The number of hydrogen-bond acceptors (Lipinski definition) is 0. The van der Waals surface area contributed by atoms with Crippen molar-refractivity contribution in [3.63, 3.8) is 0 Å². The molecule has 0 saturated carbocycles. The van der Waals surface area contributed by atoms with Gasteiger partial charge in [0.25, 0.3) is 0 Å². The van der Waals surface area contributed by atoms with Gasteiger partial charge in [-0.1, -0.05) is 285 Å². The molecule has 0 N–H and O–H groups in total. The Kier molecular flexibility index (Phi) is 41.2. The second-order valence-corrected chi connectivity index (χ2v) is 16.1. The Bertz CT molecular complexity index is 422. The van der Waals surface area contributed by atoms with E-state index in [9.17, 15) is 0 Å². The average Bonchev–Trinajstić information content (AvgIpc) is 3.07. The van der Waals surface area contributed by atoms with Crippen LogP contribution in [0.25, 0.3) is 0 Å². The lowest BCUT2D eigenvalue weighted by Crippen LogP contribution is -2.04. The van der Waals surface area contributed by atoms with E-state index in [2.05, 4.69) is 27.7 Å². The summed E-state index contributed by atoms with van der Waals surface area (Å²) in [5.74, 6) is 2.05. The number of rotatable bonds is 41. The molecular weight excluding hydrogens is 553 g/mol. The van der Waals surface area contributed by atoms with Gasteiger partial charge in [-0.25, -0.2) is 0 Å². The van der Waals surface area contributed by atoms with E-state index < -0.39 is 0 Å². The zero-order chi connectivity index (χ0) is 33.4. The largest absolute Gasteiger partial charge is 0.0654 e. The number of hydrogen-bond donors (Lipinski definition) is 0. The molecule has 0 aromatic rings. The van der Waals surface area contributed by atoms with E-state index in [-0.39, 0.29) is 0 Å². The van der Waals surface area contributed by atoms with E-state index in [0.29, 0.717) is 0 Å². The minimum absolute atomic E-state index is 1.03. The van der Waals surface area contributed by atoms with Gasteiger partial charge >= 0.3 is 0 Å². The fourth-order valence-corrected chi connectivity index (χ4v) is 8.00. The molecule has 0 nitrogen and oxygen atoms in total. The van der Waals surface area contributed by atoms with Crippen molar-refractivity contribution in [2.75, 3.05) is 0 Å². The molecular formula is C46H94. The molecule has 0 aliphatic rings. The van der Waals surface area contributed by atoms with Crippen LogP contribution in [0.5, 0.6) is 0 Å². The molecule has 0 unspecified atom stereocenters. The highest BCUT2D eigenvalue weighted by atomic mass is 14.2. The van der Waals surface area contributed by atoms with Crippen LogP contribution in [0, 0.1) is 11.8 Å². The zero-order valence-electron chi connectivity index (χ0n) is 33.4. The molecule has 0 rings (SSSR count). The third-order valence-electron chi connectivity index (χ3n) is 11.3. The predicted molar refractivity (Wildman–Crippen MR) is 214 cm³/mol. The van der Waals surface area contributed by atoms with Crippen molar-refractivity contribution < 1.29 is 0 Å². The van der Waals surface area contributed by atoms with Crippen molar-refractivity contribution in [1.29, 1.82) is 0 Å². The molecule has 0 aliphatic carbocycles. The first-order chi connectivity index (χ1) is 22.8. The number of unbranched alkanes of at least 4 members (excludes halogenated alkanes) is 29. The maximum Gasteiger partial charge on any atom is -0.0414 e. The molecule has 0 heteroatoms. The van der Waals surface area contributed by atoms with Crippen LogP contribution < -0.4 is 0 Å². The lowest BCUT2D eigenvalue weighted by Gasteiger charge is -2.20. The molecule has 0 aromatic carbocycles. The fourth-order valence-electron chi connectivity index (χ4n) is 8.00. The molecule has 0 heterocycles. The van der Waals surface area contributed by atoms with Crippen LogP contribution in [0.15, 0.2) is 0 Å². The highest BCUT2D eigenvalue weighted by Gasteiger charge is 2.12. The molecule has 0 saturated heterocycles. The Morgan fingerprint density at radius 3 is 0.478 bits per heavy atom. The normalized spacial score (nSPS) is 11.9. The molecule has 0 aromatic heterocycles. The van der Waals surface area contributed by atoms with Crippen molar-refractivity contribution in [2.24, 2.45) is 11.8 Å². The molecule has 0 radical (unpaired) electrons. The highest BCUT2D eigenvalue weighted by Crippen LogP contribution is 2.28. The lowest BCUT2D eigenvalue weighted by atomic mass is 9.86. The molecule has 0 spiro atoms. The van der Waals surface area contributed by atoms with E-state index in [1.807, 2.05) is 0 Å². The van der Waals surface area contributed by atoms with Gasteiger partial charge in [-0.3, -0.25) is 0 Å². The molecule has 46 heavy (non-hydrogen) atoms. The van der Waals surface area contributed by atoms with E-state index in [0.717, 1.165) is 11.8 Å². The standard InChI is InChI=1S/C46H94/c1-5-9-13-17-21-25-29-33-39-45(40-34-30-26-22-18-14-10-6-2)43-37-38-44-46(41-35-31-27-23-19-15-11-7-3)42-36-32-28-24-20-16-12-8-4/h45-46H,5-44H2,1-4H3. The third-order valence-corrected chi connectivity index (χ3v) is 11.3. The van der Waals surface area contributed by atoms with Gasteiger partial charge in [0.1, 0.15) is 0 Å². The smallest absolute Gasteiger partial charge is 0.0414 e. The summed E-state index contributed by atoms with van der Waals surface area (Å²) in [5.41, 5.74) is 0. The summed E-state index contributed by atoms with van der Waals surface area (Å²) in [7, 11) is 0. The molecule has 0 bridgehead atoms. The van der Waals surface area contributed by atoms with Crippen LogP contribution in [0.3, 0.4) is 0 Å². The monoisotopic (exact) mass is 647 g/mol. The molecule has 0 atom stereocenters. The van der Waals surface area contributed by atoms with Crippen molar-refractivity contribution >= 4 is 0 Å². The van der Waals surface area contributed by atoms with Gasteiger partial charge in [-0.05, 0) is 11.8 Å². The van der Waals surface area contributed by atoms with Crippen LogP contribution in [-0.4, -0.2) is 0 Å². The maximum absolute atomic E-state index is 2.33. The first-order valence-corrected chi connectivity index (χ1v) is 22.8. The quantitative estimate of drug-likeness (QED) is 0.0580. The first-order valence-electron chi connectivity index (χ1n) is 22.8. The molecule has 0 fully saturated rings. The predicted octanol–water partition coefficient (Wildman–Crippen LogP) is 17.9. The highest BCUT2D eigenvalue weighted by molar-refractivity contribution is 4.66. The van der Waals surface area contributed by atoms with Crippen LogP contribution in [-0.2, 0) is 0 Å². The fraction of sp³-hybridized carbons (Fsp3) is 1.00. The maximum atomic E-state index is 2.33. The summed E-state index contributed by atoms with van der Waals surface area (Å²) in [4.78, 5) is 0. The van der Waals surface area contributed by atoms with Gasteiger partial charge in [0, 0.05) is 0 Å². The van der Waals surface area contributed by atoms with Gasteiger partial charge in [-0.2, -0.15) is 0 Å². The SMILES string of the molecule is CCCCCCCCCCC(CCCCCCCCCC)CCCCC(CCCCCCCCCC)CCCCCCCCCC. The second-order valence-electron chi connectivity index (χ2n) is 16.1. The Hall–Kier alpha value is 0. The van der Waals surface area contributed by atoms with Crippen molar-refractivity contribution in [1.82, 2.24) is 0 Å². The molecule has 0 aliphatic heterocycles. The van der Waals surface area contributed by atoms with Crippen LogP contribution in [0.2, 0.25) is 0 Å². The zero-order valence-corrected chi connectivity index (χ0v) is 33.4. The van der Waals surface area contributed by atoms with Crippen molar-refractivity contribution in [2.45, 2.75) is 285 Å². The summed E-state index contributed by atoms with van der Waals surface area (Å²) < 4.78 is 0. The van der Waals surface area contributed by atoms with E-state index in [4.69, 9.17) is 0 Å². The first kappa shape index (κ1) is 46.0. The minimum Gasteiger partial charge on any atom is -0.0654 e. The van der Waals surface area contributed by atoms with E-state index in [1.54, 1.807) is 0 Å². The van der Waals surface area contributed by atoms with Gasteiger partial charge < -0.3 is 0 Å². The van der Waals surface area contributed by atoms with Gasteiger partial charge in [0.05, 0.1) is 0 Å². The van der Waals surface area contributed by atoms with Gasteiger partial charge in [0.15, 0.2) is 0 Å². The summed E-state index contributed by atoms with van der Waals surface area (Å²) in [6.45, 7) is 9.34.